The number of hydrogen-bond donors (Lipinski definition) is 0. The molecule has 0 aliphatic heterocycles. The fraction of sp³-hybridized carbons (Fsp3) is 1.00. The van der Waals surface area contributed by atoms with E-state index in [0.717, 1.165) is 18.3 Å². The number of hydrogen-bond acceptors (Lipinski definition) is 0. The summed E-state index contributed by atoms with van der Waals surface area (Å²) in [4.78, 5) is 0. The van der Waals surface area contributed by atoms with Gasteiger partial charge in [0.1, 0.15) is 0 Å². The Bertz CT molecular complexity index is 161. The van der Waals surface area contributed by atoms with Crippen LogP contribution in [0.4, 0.5) is 0 Å². The average molecular weight is 249 g/mol. The van der Waals surface area contributed by atoms with Crippen LogP contribution in [0.5, 0.6) is 0 Å². The molecule has 2 aliphatic carbocycles. The molecule has 0 amide bonds. The number of halogens is 2. The summed E-state index contributed by atoms with van der Waals surface area (Å²) in [7, 11) is 0. The van der Waals surface area contributed by atoms with Crippen LogP contribution in [-0.2, 0) is 0 Å². The van der Waals surface area contributed by atoms with E-state index in [9.17, 15) is 0 Å². The van der Waals surface area contributed by atoms with Gasteiger partial charge in [-0.1, -0.05) is 25.7 Å². The molecule has 0 aromatic heterocycles. The molecule has 2 atom stereocenters. The van der Waals surface area contributed by atoms with Crippen LogP contribution in [-0.4, -0.2) is 10.8 Å². The summed E-state index contributed by atoms with van der Waals surface area (Å²) in [6, 6.07) is 0. The summed E-state index contributed by atoms with van der Waals surface area (Å²) >= 11 is 13.0. The lowest BCUT2D eigenvalue weighted by Gasteiger charge is -2.23. The van der Waals surface area contributed by atoms with Gasteiger partial charge in [0.05, 0.1) is 0 Å². The van der Waals surface area contributed by atoms with E-state index in [2.05, 4.69) is 0 Å². The van der Waals surface area contributed by atoms with Gasteiger partial charge >= 0.3 is 0 Å². The van der Waals surface area contributed by atoms with Crippen molar-refractivity contribution in [2.24, 2.45) is 11.8 Å². The van der Waals surface area contributed by atoms with Crippen molar-refractivity contribution in [2.45, 2.75) is 68.5 Å². The van der Waals surface area contributed by atoms with Crippen LogP contribution >= 0.6 is 23.2 Å². The Balaban J connectivity index is 1.74. The van der Waals surface area contributed by atoms with Crippen LogP contribution in [0.1, 0.15) is 57.8 Å². The smallest absolute Gasteiger partial charge is 0.0378 e. The van der Waals surface area contributed by atoms with Crippen LogP contribution in [0.25, 0.3) is 0 Å². The van der Waals surface area contributed by atoms with Gasteiger partial charge in [-0.2, -0.15) is 0 Å². The summed E-state index contributed by atoms with van der Waals surface area (Å²) in [6.45, 7) is 0. The van der Waals surface area contributed by atoms with E-state index in [0.29, 0.717) is 10.8 Å². The van der Waals surface area contributed by atoms with E-state index in [1.165, 1.54) is 51.4 Å². The second-order valence-corrected chi connectivity index (χ2v) is 6.48. The minimum atomic E-state index is 0.343. The number of rotatable bonds is 4. The first-order chi connectivity index (χ1) is 7.27. The fourth-order valence-electron chi connectivity index (χ4n) is 3.24. The standard InChI is InChI=1S/C13H22Cl2/c14-12(10-5-1-2-6-10)9-13(15)11-7-3-4-8-11/h10-13H,1-9H2. The summed E-state index contributed by atoms with van der Waals surface area (Å²) in [5, 5.41) is 0.686. The first-order valence-corrected chi connectivity index (χ1v) is 7.43. The quantitative estimate of drug-likeness (QED) is 0.617. The van der Waals surface area contributed by atoms with Gasteiger partial charge in [-0.3, -0.25) is 0 Å². The highest BCUT2D eigenvalue weighted by molar-refractivity contribution is 6.23. The second-order valence-electron chi connectivity index (χ2n) is 5.36. The van der Waals surface area contributed by atoms with Crippen molar-refractivity contribution in [2.75, 3.05) is 0 Å². The highest BCUT2D eigenvalue weighted by atomic mass is 35.5. The monoisotopic (exact) mass is 248 g/mol. The summed E-state index contributed by atoms with van der Waals surface area (Å²) in [5.41, 5.74) is 0. The topological polar surface area (TPSA) is 0 Å². The first kappa shape index (κ1) is 12.0. The second kappa shape index (κ2) is 5.77. The summed E-state index contributed by atoms with van der Waals surface area (Å²) in [5.74, 6) is 1.52. The van der Waals surface area contributed by atoms with Crippen molar-refractivity contribution in [3.8, 4) is 0 Å². The zero-order valence-corrected chi connectivity index (χ0v) is 10.9. The van der Waals surface area contributed by atoms with Crippen LogP contribution in [0.3, 0.4) is 0 Å². The number of alkyl halides is 2. The Morgan fingerprint density at radius 2 is 1.07 bits per heavy atom. The highest BCUT2D eigenvalue weighted by Gasteiger charge is 2.29. The van der Waals surface area contributed by atoms with E-state index in [4.69, 9.17) is 23.2 Å². The van der Waals surface area contributed by atoms with Crippen LogP contribution in [0.15, 0.2) is 0 Å². The van der Waals surface area contributed by atoms with Crippen molar-refractivity contribution in [1.29, 1.82) is 0 Å². The molecule has 0 aromatic carbocycles. The molecular formula is C13H22Cl2. The van der Waals surface area contributed by atoms with Crippen molar-refractivity contribution in [3.05, 3.63) is 0 Å². The Hall–Kier alpha value is 0.580. The molecular weight excluding hydrogens is 227 g/mol. The predicted molar refractivity (Wildman–Crippen MR) is 67.8 cm³/mol. The van der Waals surface area contributed by atoms with Gasteiger partial charge in [-0.05, 0) is 43.9 Å². The molecule has 0 bridgehead atoms. The van der Waals surface area contributed by atoms with Gasteiger partial charge in [-0.15, -0.1) is 23.2 Å². The lowest BCUT2D eigenvalue weighted by Crippen LogP contribution is -2.21. The zero-order valence-electron chi connectivity index (χ0n) is 9.43. The normalized spacial score (nSPS) is 28.4. The minimum absolute atomic E-state index is 0.343. The molecule has 0 spiro atoms. The predicted octanol–water partition coefficient (Wildman–Crippen LogP) is 4.97. The van der Waals surface area contributed by atoms with Gasteiger partial charge in [0, 0.05) is 10.8 Å². The molecule has 2 heteroatoms. The molecule has 0 nitrogen and oxygen atoms in total. The Morgan fingerprint density at radius 1 is 0.733 bits per heavy atom. The third-order valence-corrected chi connectivity index (χ3v) is 5.34. The molecule has 2 unspecified atom stereocenters. The molecule has 0 saturated heterocycles. The van der Waals surface area contributed by atoms with Gasteiger partial charge < -0.3 is 0 Å². The van der Waals surface area contributed by atoms with E-state index in [1.54, 1.807) is 0 Å². The van der Waals surface area contributed by atoms with Gasteiger partial charge in [0.2, 0.25) is 0 Å². The van der Waals surface area contributed by atoms with E-state index in [1.807, 2.05) is 0 Å². The first-order valence-electron chi connectivity index (χ1n) is 6.55. The van der Waals surface area contributed by atoms with Crippen molar-refractivity contribution in [1.82, 2.24) is 0 Å². The van der Waals surface area contributed by atoms with Crippen molar-refractivity contribution >= 4 is 23.2 Å². The molecule has 2 fully saturated rings. The largest absolute Gasteiger partial charge is 0.123 e. The molecule has 2 rings (SSSR count). The van der Waals surface area contributed by atoms with Crippen molar-refractivity contribution in [3.63, 3.8) is 0 Å². The van der Waals surface area contributed by atoms with Crippen LogP contribution in [0, 0.1) is 11.8 Å². The molecule has 15 heavy (non-hydrogen) atoms. The minimum Gasteiger partial charge on any atom is -0.123 e. The third-order valence-electron chi connectivity index (χ3n) is 4.27. The Morgan fingerprint density at radius 3 is 1.40 bits per heavy atom. The van der Waals surface area contributed by atoms with Crippen molar-refractivity contribution < 1.29 is 0 Å². The van der Waals surface area contributed by atoms with Gasteiger partial charge in [-0.25, -0.2) is 0 Å². The van der Waals surface area contributed by atoms with Gasteiger partial charge in [0.15, 0.2) is 0 Å². The molecule has 0 radical (unpaired) electrons. The zero-order chi connectivity index (χ0) is 10.7. The Kier molecular flexibility index (Phi) is 4.64. The maximum absolute atomic E-state index is 6.48. The summed E-state index contributed by atoms with van der Waals surface area (Å²) in [6.07, 6.45) is 11.9. The summed E-state index contributed by atoms with van der Waals surface area (Å²) < 4.78 is 0. The molecule has 2 aliphatic rings. The van der Waals surface area contributed by atoms with E-state index >= 15 is 0 Å². The lowest BCUT2D eigenvalue weighted by atomic mass is 9.94. The Labute approximate surface area is 104 Å². The average Bonchev–Trinajstić information content (AvgIpc) is 2.91. The fourth-order valence-corrected chi connectivity index (χ4v) is 4.22. The molecule has 0 N–H and O–H groups in total. The third kappa shape index (κ3) is 3.27. The molecule has 88 valence electrons. The van der Waals surface area contributed by atoms with E-state index in [-0.39, 0.29) is 0 Å². The molecule has 0 heterocycles. The molecule has 2 saturated carbocycles. The maximum Gasteiger partial charge on any atom is 0.0378 e. The van der Waals surface area contributed by atoms with Crippen LogP contribution < -0.4 is 0 Å². The van der Waals surface area contributed by atoms with Crippen LogP contribution in [0.2, 0.25) is 0 Å². The highest BCUT2D eigenvalue weighted by Crippen LogP contribution is 2.37. The lowest BCUT2D eigenvalue weighted by molar-refractivity contribution is 0.428. The van der Waals surface area contributed by atoms with Gasteiger partial charge in [0.25, 0.3) is 0 Å². The SMILES string of the molecule is ClC(CC(Cl)C1CCCC1)C1CCCC1. The maximum atomic E-state index is 6.48. The van der Waals surface area contributed by atoms with E-state index < -0.39 is 0 Å². The molecule has 0 aromatic rings.